The van der Waals surface area contributed by atoms with Gasteiger partial charge in [0.25, 0.3) is 0 Å². The monoisotopic (exact) mass is 426 g/mol. The summed E-state index contributed by atoms with van der Waals surface area (Å²) in [6.45, 7) is 15.8. The average Bonchev–Trinajstić information content (AvgIpc) is 3.09. The fraction of sp³-hybridized carbons (Fsp3) is 0.786. The molecule has 1 N–H and O–H groups in total. The fourth-order valence-electron chi connectivity index (χ4n) is 8.64. The average molecular weight is 427 g/mol. The van der Waals surface area contributed by atoms with Gasteiger partial charge in [-0.15, -0.1) is 0 Å². The first kappa shape index (κ1) is 21.9. The molecule has 3 nitrogen and oxygen atoms in total. The Labute approximate surface area is 188 Å². The molecule has 0 aromatic heterocycles. The van der Waals surface area contributed by atoms with Gasteiger partial charge in [0.1, 0.15) is 11.2 Å². The molecule has 0 unspecified atom stereocenters. The second kappa shape index (κ2) is 7.05. The van der Waals surface area contributed by atoms with Crippen molar-refractivity contribution in [3.8, 4) is 0 Å². The number of hydrogen-bond acceptors (Lipinski definition) is 3. The molecule has 2 bridgehead atoms. The van der Waals surface area contributed by atoms with Crippen molar-refractivity contribution in [1.82, 2.24) is 0 Å². The zero-order chi connectivity index (χ0) is 22.2. The van der Waals surface area contributed by atoms with Gasteiger partial charge in [-0.1, -0.05) is 58.1 Å². The highest BCUT2D eigenvalue weighted by atomic mass is 17.2. The van der Waals surface area contributed by atoms with E-state index in [2.05, 4.69) is 65.5 Å². The van der Waals surface area contributed by atoms with Crippen LogP contribution in [0.15, 0.2) is 36.5 Å². The molecular formula is C28H42O3. The van der Waals surface area contributed by atoms with Gasteiger partial charge in [-0.2, -0.15) is 0 Å². The highest BCUT2D eigenvalue weighted by Gasteiger charge is 2.74. The summed E-state index contributed by atoms with van der Waals surface area (Å²) in [5, 5.41) is 10.4. The lowest BCUT2D eigenvalue weighted by Crippen LogP contribution is -2.73. The van der Waals surface area contributed by atoms with Crippen molar-refractivity contribution in [2.75, 3.05) is 0 Å². The number of hydrogen-bond donors (Lipinski definition) is 1. The first-order valence-corrected chi connectivity index (χ1v) is 12.7. The standard InChI is InChI=1S/C28H42O3/c1-18(2)19(3)7-8-20(4)22-9-10-23-25(22,5)13-12-24-26(6)14-11-21(29)17-27(26)15-16-28(23,24)31-30-27/h7-8,15-16,19-24,29H,1,9-14,17H2,2-6H3/b8-7-/t19-,20-,21+,22-,23-,24-,25-,26-,27-,28+/m1/s1. The molecule has 10 atom stereocenters. The number of fused-ring (bicyclic) bond motifs is 2. The molecule has 2 heterocycles. The van der Waals surface area contributed by atoms with E-state index in [1.807, 2.05) is 0 Å². The molecule has 3 saturated carbocycles. The molecular weight excluding hydrogens is 384 g/mol. The molecule has 4 fully saturated rings. The Morgan fingerprint density at radius 3 is 2.48 bits per heavy atom. The first-order chi connectivity index (χ1) is 14.6. The Bertz CT molecular complexity index is 815. The predicted molar refractivity (Wildman–Crippen MR) is 124 cm³/mol. The minimum absolute atomic E-state index is 0.0566. The molecule has 172 valence electrons. The third-order valence-corrected chi connectivity index (χ3v) is 10.8. The third kappa shape index (κ3) is 2.82. The van der Waals surface area contributed by atoms with Gasteiger partial charge in [0.2, 0.25) is 0 Å². The summed E-state index contributed by atoms with van der Waals surface area (Å²) in [5.41, 5.74) is 0.809. The van der Waals surface area contributed by atoms with Crippen LogP contribution in [0.25, 0.3) is 0 Å². The van der Waals surface area contributed by atoms with Gasteiger partial charge in [-0.25, -0.2) is 9.78 Å². The van der Waals surface area contributed by atoms with Gasteiger partial charge >= 0.3 is 0 Å². The third-order valence-electron chi connectivity index (χ3n) is 10.8. The lowest BCUT2D eigenvalue weighted by molar-refractivity contribution is -0.497. The van der Waals surface area contributed by atoms with E-state index < -0.39 is 5.60 Å². The molecule has 4 aliphatic carbocycles. The van der Waals surface area contributed by atoms with Gasteiger partial charge in [0, 0.05) is 23.7 Å². The maximum absolute atomic E-state index is 10.4. The summed E-state index contributed by atoms with van der Waals surface area (Å²) < 4.78 is 0. The normalized spacial score (nSPS) is 52.5. The molecule has 6 rings (SSSR count). The van der Waals surface area contributed by atoms with Crippen molar-refractivity contribution < 1.29 is 14.9 Å². The van der Waals surface area contributed by atoms with Crippen molar-refractivity contribution in [3.63, 3.8) is 0 Å². The van der Waals surface area contributed by atoms with Crippen molar-refractivity contribution in [1.29, 1.82) is 0 Å². The Kier molecular flexibility index (Phi) is 4.98. The van der Waals surface area contributed by atoms with Crippen LogP contribution < -0.4 is 0 Å². The van der Waals surface area contributed by atoms with Crippen LogP contribution in [0.2, 0.25) is 0 Å². The first-order valence-electron chi connectivity index (χ1n) is 12.7. The molecule has 3 heteroatoms. The second-order valence-electron chi connectivity index (χ2n) is 12.3. The van der Waals surface area contributed by atoms with Crippen molar-refractivity contribution in [3.05, 3.63) is 36.5 Å². The fourth-order valence-corrected chi connectivity index (χ4v) is 8.64. The van der Waals surface area contributed by atoms with Gasteiger partial charge < -0.3 is 5.11 Å². The second-order valence-corrected chi connectivity index (χ2v) is 12.3. The quantitative estimate of drug-likeness (QED) is 0.418. The molecule has 2 spiro atoms. The van der Waals surface area contributed by atoms with Crippen LogP contribution >= 0.6 is 0 Å². The summed E-state index contributed by atoms with van der Waals surface area (Å²) in [6.07, 6.45) is 16.7. The Morgan fingerprint density at radius 1 is 1.03 bits per heavy atom. The van der Waals surface area contributed by atoms with Crippen LogP contribution in [0.4, 0.5) is 0 Å². The highest BCUT2D eigenvalue weighted by molar-refractivity contribution is 5.33. The van der Waals surface area contributed by atoms with E-state index in [-0.39, 0.29) is 22.5 Å². The Morgan fingerprint density at radius 2 is 1.81 bits per heavy atom. The Hall–Kier alpha value is -0.900. The van der Waals surface area contributed by atoms with Crippen molar-refractivity contribution in [2.45, 2.75) is 96.9 Å². The molecule has 1 saturated heterocycles. The van der Waals surface area contributed by atoms with Crippen LogP contribution in [-0.2, 0) is 9.78 Å². The van der Waals surface area contributed by atoms with E-state index in [1.54, 1.807) is 0 Å². The largest absolute Gasteiger partial charge is 0.393 e. The van der Waals surface area contributed by atoms with Crippen molar-refractivity contribution in [2.24, 2.45) is 40.4 Å². The molecule has 0 radical (unpaired) electrons. The van der Waals surface area contributed by atoms with Crippen LogP contribution in [0.3, 0.4) is 0 Å². The molecule has 2 aliphatic heterocycles. The summed E-state index contributed by atoms with van der Waals surface area (Å²) >= 11 is 0. The zero-order valence-corrected chi connectivity index (χ0v) is 20.2. The SMILES string of the molecule is C=C(C)[C@H](C)/C=C\[C@@H](C)[C@H]1CC[C@@H]2[C@]1(C)CC[C@H]1[C@]23C=C[C@]2(C[C@@H](O)CC[C@]12C)OO3. The minimum atomic E-state index is -0.447. The summed E-state index contributed by atoms with van der Waals surface area (Å²) in [7, 11) is 0. The number of allylic oxidation sites excluding steroid dienone is 3. The summed E-state index contributed by atoms with van der Waals surface area (Å²) in [4.78, 5) is 12.7. The van der Waals surface area contributed by atoms with Gasteiger partial charge in [-0.05, 0) is 74.7 Å². The molecule has 31 heavy (non-hydrogen) atoms. The lowest BCUT2D eigenvalue weighted by Gasteiger charge is -2.69. The van der Waals surface area contributed by atoms with Crippen LogP contribution in [0.1, 0.15) is 79.6 Å². The predicted octanol–water partition coefficient (Wildman–Crippen LogP) is 6.39. The topological polar surface area (TPSA) is 38.7 Å². The van der Waals surface area contributed by atoms with Gasteiger partial charge in [0.15, 0.2) is 0 Å². The van der Waals surface area contributed by atoms with E-state index in [1.165, 1.54) is 31.3 Å². The maximum atomic E-state index is 10.4. The number of rotatable bonds is 4. The maximum Gasteiger partial charge on any atom is 0.130 e. The summed E-state index contributed by atoms with van der Waals surface area (Å²) in [5.74, 6) is 2.65. The number of aliphatic hydroxyl groups excluding tert-OH is 1. The smallest absolute Gasteiger partial charge is 0.130 e. The molecule has 6 aliphatic rings. The molecule has 0 aromatic rings. The molecule has 0 amide bonds. The molecule has 0 aromatic carbocycles. The van der Waals surface area contributed by atoms with E-state index >= 15 is 0 Å². The van der Waals surface area contributed by atoms with E-state index in [0.717, 1.165) is 12.8 Å². The minimum Gasteiger partial charge on any atom is -0.393 e. The van der Waals surface area contributed by atoms with E-state index in [9.17, 15) is 5.11 Å². The van der Waals surface area contributed by atoms with Crippen molar-refractivity contribution >= 4 is 0 Å². The van der Waals surface area contributed by atoms with Gasteiger partial charge in [-0.3, -0.25) is 0 Å². The van der Waals surface area contributed by atoms with Gasteiger partial charge in [0.05, 0.1) is 6.10 Å². The highest BCUT2D eigenvalue weighted by Crippen LogP contribution is 2.72. The Balaban J connectivity index is 1.46. The van der Waals surface area contributed by atoms with E-state index in [4.69, 9.17) is 9.78 Å². The lowest BCUT2D eigenvalue weighted by atomic mass is 9.43. The number of aliphatic hydroxyl groups is 1. The summed E-state index contributed by atoms with van der Waals surface area (Å²) in [6, 6.07) is 0. The zero-order valence-electron chi connectivity index (χ0n) is 20.2. The van der Waals surface area contributed by atoms with Crippen LogP contribution in [-0.4, -0.2) is 22.4 Å². The van der Waals surface area contributed by atoms with Crippen LogP contribution in [0.5, 0.6) is 0 Å². The van der Waals surface area contributed by atoms with Crippen LogP contribution in [0, 0.1) is 40.4 Å². The van der Waals surface area contributed by atoms with E-state index in [0.29, 0.717) is 36.0 Å².